The predicted molar refractivity (Wildman–Crippen MR) is 98.2 cm³/mol. The van der Waals surface area contributed by atoms with E-state index in [0.29, 0.717) is 24.7 Å². The minimum Gasteiger partial charge on any atom is -0.466 e. The SMILES string of the molecule is CCCCOC(=O)CC(C(=O)OCCCC)C(=S)[N+](C)(S)CC. The van der Waals surface area contributed by atoms with Gasteiger partial charge in [-0.25, -0.2) is 3.89 Å². The summed E-state index contributed by atoms with van der Waals surface area (Å²) in [5, 5.41) is 0. The van der Waals surface area contributed by atoms with E-state index >= 15 is 0 Å². The molecular formula is C16H30NO4S2+. The Morgan fingerprint density at radius 1 is 1.09 bits per heavy atom. The van der Waals surface area contributed by atoms with Crippen LogP contribution in [0.1, 0.15) is 52.9 Å². The second kappa shape index (κ2) is 11.8. The summed E-state index contributed by atoms with van der Waals surface area (Å²) in [5.41, 5.74) is 0. The molecule has 0 aromatic heterocycles. The van der Waals surface area contributed by atoms with Crippen molar-refractivity contribution in [1.29, 1.82) is 0 Å². The van der Waals surface area contributed by atoms with E-state index in [1.807, 2.05) is 20.8 Å². The van der Waals surface area contributed by atoms with Crippen LogP contribution in [0.5, 0.6) is 0 Å². The summed E-state index contributed by atoms with van der Waals surface area (Å²) in [7, 11) is 1.79. The number of unbranched alkanes of at least 4 members (excludes halogenated alkanes) is 2. The highest BCUT2D eigenvalue weighted by Gasteiger charge is 2.38. The Bertz CT molecular complexity index is 400. The van der Waals surface area contributed by atoms with Gasteiger partial charge in [-0.1, -0.05) is 26.7 Å². The van der Waals surface area contributed by atoms with Gasteiger partial charge in [0.25, 0.3) is 0 Å². The van der Waals surface area contributed by atoms with Crippen LogP contribution >= 0.6 is 25.0 Å². The van der Waals surface area contributed by atoms with E-state index in [1.165, 1.54) is 0 Å². The number of thiocarbonyl (C=S) groups is 1. The first-order chi connectivity index (χ1) is 10.8. The first-order valence-electron chi connectivity index (χ1n) is 8.25. The third-order valence-corrected chi connectivity index (χ3v) is 4.87. The van der Waals surface area contributed by atoms with Gasteiger partial charge >= 0.3 is 11.9 Å². The maximum atomic E-state index is 12.3. The second-order valence-electron chi connectivity index (χ2n) is 5.65. The molecule has 0 saturated heterocycles. The van der Waals surface area contributed by atoms with Crippen LogP contribution in [-0.4, -0.2) is 47.6 Å². The number of carbonyl (C=O) groups is 2. The zero-order valence-electron chi connectivity index (χ0n) is 14.7. The zero-order chi connectivity index (χ0) is 17.9. The largest absolute Gasteiger partial charge is 0.466 e. The number of hydrogen-bond donors (Lipinski definition) is 1. The molecule has 0 rings (SSSR count). The fourth-order valence-corrected chi connectivity index (χ4v) is 2.18. The summed E-state index contributed by atoms with van der Waals surface area (Å²) in [5.74, 6) is -1.70. The standard InChI is InChI=1S/C16H30NO4S2/c1-5-8-10-20-14(18)12-13(15(22)17(4,23)7-3)16(19)21-11-9-6-2/h13,23H,5-12H2,1-4H3/q+1. The van der Waals surface area contributed by atoms with Gasteiger partial charge in [0.15, 0.2) is 10.9 Å². The Hall–Kier alpha value is -0.660. The number of thiol groups is 1. The molecule has 0 aromatic rings. The molecule has 134 valence electrons. The van der Waals surface area contributed by atoms with Crippen molar-refractivity contribution in [3.63, 3.8) is 0 Å². The molecule has 23 heavy (non-hydrogen) atoms. The molecule has 0 spiro atoms. The van der Waals surface area contributed by atoms with Gasteiger partial charge in [0.2, 0.25) is 0 Å². The molecule has 0 aromatic carbocycles. The van der Waals surface area contributed by atoms with Crippen molar-refractivity contribution in [2.24, 2.45) is 5.92 Å². The summed E-state index contributed by atoms with van der Waals surface area (Å²) in [6.07, 6.45) is 3.36. The lowest BCUT2D eigenvalue weighted by Gasteiger charge is -2.28. The fraction of sp³-hybridized carbons (Fsp3) is 0.812. The van der Waals surface area contributed by atoms with E-state index in [4.69, 9.17) is 21.7 Å². The minimum atomic E-state index is -0.807. The van der Waals surface area contributed by atoms with Crippen molar-refractivity contribution in [2.45, 2.75) is 52.9 Å². The van der Waals surface area contributed by atoms with E-state index in [0.717, 1.165) is 25.7 Å². The van der Waals surface area contributed by atoms with Crippen molar-refractivity contribution in [2.75, 3.05) is 26.8 Å². The topological polar surface area (TPSA) is 52.6 Å². The van der Waals surface area contributed by atoms with Gasteiger partial charge < -0.3 is 9.47 Å². The quantitative estimate of drug-likeness (QED) is 0.200. The van der Waals surface area contributed by atoms with Crippen LogP contribution in [0.2, 0.25) is 0 Å². The molecule has 0 radical (unpaired) electrons. The van der Waals surface area contributed by atoms with Gasteiger partial charge in [0.05, 0.1) is 46.0 Å². The molecule has 0 aliphatic heterocycles. The highest BCUT2D eigenvalue weighted by atomic mass is 32.1. The number of quaternary nitrogens is 1. The fourth-order valence-electron chi connectivity index (χ4n) is 1.74. The highest BCUT2D eigenvalue weighted by molar-refractivity contribution is 7.82. The summed E-state index contributed by atoms with van der Waals surface area (Å²) < 4.78 is 10.5. The maximum Gasteiger partial charge on any atom is 0.320 e. The maximum absolute atomic E-state index is 12.3. The highest BCUT2D eigenvalue weighted by Crippen LogP contribution is 2.21. The molecule has 0 amide bonds. The number of nitrogens with zero attached hydrogens (tertiary/aromatic N) is 1. The van der Waals surface area contributed by atoms with Gasteiger partial charge in [-0.3, -0.25) is 9.59 Å². The lowest BCUT2D eigenvalue weighted by atomic mass is 10.0. The summed E-state index contributed by atoms with van der Waals surface area (Å²) in [6, 6.07) is 0. The van der Waals surface area contributed by atoms with E-state index in [1.54, 1.807) is 7.05 Å². The molecular weight excluding hydrogens is 334 g/mol. The van der Waals surface area contributed by atoms with Crippen molar-refractivity contribution in [3.8, 4) is 0 Å². The average molecular weight is 365 g/mol. The van der Waals surface area contributed by atoms with Crippen LogP contribution in [0.3, 0.4) is 0 Å². The van der Waals surface area contributed by atoms with Gasteiger partial charge in [0, 0.05) is 0 Å². The molecule has 0 aliphatic carbocycles. The first kappa shape index (κ1) is 22.3. The third kappa shape index (κ3) is 8.67. The first-order valence-corrected chi connectivity index (χ1v) is 9.05. The number of esters is 2. The van der Waals surface area contributed by atoms with Crippen molar-refractivity contribution >= 4 is 42.0 Å². The molecule has 0 heterocycles. The van der Waals surface area contributed by atoms with Crippen molar-refractivity contribution < 1.29 is 23.0 Å². The lowest BCUT2D eigenvalue weighted by molar-refractivity contribution is -0.666. The van der Waals surface area contributed by atoms with Crippen LogP contribution in [0.25, 0.3) is 0 Å². The Balaban J connectivity index is 4.89. The number of ether oxygens (including phenoxy) is 2. The van der Waals surface area contributed by atoms with Crippen molar-refractivity contribution in [1.82, 2.24) is 0 Å². The van der Waals surface area contributed by atoms with E-state index < -0.39 is 17.9 Å². The summed E-state index contributed by atoms with van der Waals surface area (Å²) in [6.45, 7) is 7.24. The van der Waals surface area contributed by atoms with E-state index in [2.05, 4.69) is 12.8 Å². The van der Waals surface area contributed by atoms with Crippen LogP contribution in [0.4, 0.5) is 0 Å². The normalized spacial score (nSPS) is 14.7. The Morgan fingerprint density at radius 2 is 1.61 bits per heavy atom. The number of rotatable bonds is 11. The molecule has 2 unspecified atom stereocenters. The minimum absolute atomic E-state index is 0.0884. The van der Waals surface area contributed by atoms with Crippen LogP contribution in [0, 0.1) is 5.92 Å². The smallest absolute Gasteiger partial charge is 0.320 e. The Morgan fingerprint density at radius 3 is 2.09 bits per heavy atom. The number of hydrogen-bond acceptors (Lipinski definition) is 6. The third-order valence-electron chi connectivity index (χ3n) is 3.55. The van der Waals surface area contributed by atoms with E-state index in [9.17, 15) is 9.59 Å². The lowest BCUT2D eigenvalue weighted by Crippen LogP contribution is -2.46. The zero-order valence-corrected chi connectivity index (χ0v) is 16.4. The Labute approximate surface area is 150 Å². The molecule has 2 atom stereocenters. The average Bonchev–Trinajstić information content (AvgIpc) is 2.52. The molecule has 7 heteroatoms. The monoisotopic (exact) mass is 364 g/mol. The van der Waals surface area contributed by atoms with Crippen LogP contribution < -0.4 is 0 Å². The van der Waals surface area contributed by atoms with Gasteiger partial charge in [-0.15, -0.1) is 0 Å². The van der Waals surface area contributed by atoms with Crippen LogP contribution in [-0.2, 0) is 19.1 Å². The molecule has 0 N–H and O–H groups in total. The molecule has 0 bridgehead atoms. The van der Waals surface area contributed by atoms with Gasteiger partial charge in [-0.2, -0.15) is 0 Å². The summed E-state index contributed by atoms with van der Waals surface area (Å²) in [4.78, 5) is 24.7. The van der Waals surface area contributed by atoms with E-state index in [-0.39, 0.29) is 10.3 Å². The molecule has 5 nitrogen and oxygen atoms in total. The van der Waals surface area contributed by atoms with Gasteiger partial charge in [0.1, 0.15) is 0 Å². The predicted octanol–water partition coefficient (Wildman–Crippen LogP) is 3.32. The Kier molecular flexibility index (Phi) is 11.5. The number of carbonyl (C=O) groups excluding carboxylic acids is 2. The summed E-state index contributed by atoms with van der Waals surface area (Å²) >= 11 is 9.88. The molecule has 0 aliphatic rings. The van der Waals surface area contributed by atoms with Crippen molar-refractivity contribution in [3.05, 3.63) is 0 Å². The van der Waals surface area contributed by atoms with Gasteiger partial charge in [-0.05, 0) is 32.0 Å². The molecule has 0 saturated carbocycles. The molecule has 0 fully saturated rings. The second-order valence-corrected chi connectivity index (χ2v) is 6.95. The van der Waals surface area contributed by atoms with Crippen LogP contribution in [0.15, 0.2) is 0 Å².